The van der Waals surface area contributed by atoms with Gasteiger partial charge >= 0.3 is 0 Å². The van der Waals surface area contributed by atoms with E-state index in [1.54, 1.807) is 6.20 Å². The molecule has 2 aliphatic rings. The van der Waals surface area contributed by atoms with Gasteiger partial charge in [0.2, 0.25) is 5.91 Å². The van der Waals surface area contributed by atoms with Gasteiger partial charge in [-0.25, -0.2) is 9.97 Å². The molecule has 0 atom stereocenters. The molecule has 4 heterocycles. The lowest BCUT2D eigenvalue weighted by Crippen LogP contribution is -2.29. The summed E-state index contributed by atoms with van der Waals surface area (Å²) in [6.45, 7) is 2.11. The minimum absolute atomic E-state index is 0.114. The van der Waals surface area contributed by atoms with Gasteiger partial charge in [-0.1, -0.05) is 0 Å². The summed E-state index contributed by atoms with van der Waals surface area (Å²) in [6, 6.07) is 3.91. The van der Waals surface area contributed by atoms with E-state index in [4.69, 9.17) is 9.97 Å². The lowest BCUT2D eigenvalue weighted by Gasteiger charge is -2.23. The molecule has 6 nitrogen and oxygen atoms in total. The Bertz CT molecular complexity index is 1000. The zero-order chi connectivity index (χ0) is 18.2. The maximum Gasteiger partial charge on any atom is 0.221 e. The summed E-state index contributed by atoms with van der Waals surface area (Å²) >= 11 is 1.81. The number of hydrogen-bond acceptors (Lipinski definition) is 6. The van der Waals surface area contributed by atoms with Gasteiger partial charge in [0.05, 0.1) is 5.39 Å². The number of aryl methyl sites for hydroxylation is 2. The first-order valence-corrected chi connectivity index (χ1v) is 10.4. The van der Waals surface area contributed by atoms with E-state index in [1.807, 2.05) is 29.7 Å². The van der Waals surface area contributed by atoms with Crippen LogP contribution in [0.25, 0.3) is 21.6 Å². The predicted molar refractivity (Wildman–Crippen MR) is 107 cm³/mol. The molecule has 0 aromatic carbocycles. The van der Waals surface area contributed by atoms with Crippen molar-refractivity contribution >= 4 is 33.3 Å². The maximum absolute atomic E-state index is 11.8. The second-order valence-corrected chi connectivity index (χ2v) is 8.17. The average Bonchev–Trinajstić information content (AvgIpc) is 2.95. The summed E-state index contributed by atoms with van der Waals surface area (Å²) in [6.07, 6.45) is 8.79. The molecule has 1 saturated heterocycles. The van der Waals surface area contributed by atoms with E-state index in [-0.39, 0.29) is 5.91 Å². The molecule has 1 aliphatic carbocycles. The van der Waals surface area contributed by atoms with Crippen LogP contribution in [0.15, 0.2) is 24.5 Å². The SMILES string of the molecule is O=C1CCN(c2nc(-c3cccnc3)nc3sc4c(c23)CCCC4)CCN1. The number of nitrogens with zero attached hydrogens (tertiary/aromatic N) is 4. The number of pyridine rings is 1. The number of anilines is 1. The minimum Gasteiger partial charge on any atom is -0.354 e. The van der Waals surface area contributed by atoms with E-state index in [2.05, 4.69) is 15.2 Å². The van der Waals surface area contributed by atoms with Gasteiger partial charge in [0.15, 0.2) is 5.82 Å². The van der Waals surface area contributed by atoms with Crippen LogP contribution in [0, 0.1) is 0 Å². The Kier molecular flexibility index (Phi) is 4.24. The van der Waals surface area contributed by atoms with Crippen LogP contribution in [0.5, 0.6) is 0 Å². The van der Waals surface area contributed by atoms with Crippen molar-refractivity contribution in [2.45, 2.75) is 32.1 Å². The minimum atomic E-state index is 0.114. The highest BCUT2D eigenvalue weighted by Gasteiger charge is 2.25. The van der Waals surface area contributed by atoms with Crippen molar-refractivity contribution in [1.82, 2.24) is 20.3 Å². The van der Waals surface area contributed by atoms with Crippen LogP contribution in [0.3, 0.4) is 0 Å². The molecular weight excluding hydrogens is 358 g/mol. The highest BCUT2D eigenvalue weighted by molar-refractivity contribution is 7.19. The second kappa shape index (κ2) is 6.88. The van der Waals surface area contributed by atoms with E-state index < -0.39 is 0 Å². The summed E-state index contributed by atoms with van der Waals surface area (Å²) < 4.78 is 0. The van der Waals surface area contributed by atoms with Gasteiger partial charge in [-0.3, -0.25) is 9.78 Å². The normalized spacial score (nSPS) is 17.5. The molecule has 27 heavy (non-hydrogen) atoms. The third-order valence-corrected chi connectivity index (χ3v) is 6.51. The fourth-order valence-electron chi connectivity index (χ4n) is 3.97. The number of aromatic nitrogens is 3. The van der Waals surface area contributed by atoms with Crippen molar-refractivity contribution in [3.63, 3.8) is 0 Å². The van der Waals surface area contributed by atoms with Crippen molar-refractivity contribution in [3.05, 3.63) is 35.0 Å². The highest BCUT2D eigenvalue weighted by atomic mass is 32.1. The summed E-state index contributed by atoms with van der Waals surface area (Å²) in [5, 5.41) is 4.17. The van der Waals surface area contributed by atoms with Crippen LogP contribution in [0.4, 0.5) is 5.82 Å². The molecule has 0 saturated carbocycles. The fourth-order valence-corrected chi connectivity index (χ4v) is 5.23. The van der Waals surface area contributed by atoms with Gasteiger partial charge in [-0.05, 0) is 43.4 Å². The van der Waals surface area contributed by atoms with Crippen molar-refractivity contribution in [1.29, 1.82) is 0 Å². The Morgan fingerprint density at radius 1 is 1.11 bits per heavy atom. The molecule has 1 N–H and O–H groups in total. The van der Waals surface area contributed by atoms with Gasteiger partial charge in [-0.2, -0.15) is 0 Å². The van der Waals surface area contributed by atoms with Gasteiger partial charge in [0, 0.05) is 48.9 Å². The zero-order valence-corrected chi connectivity index (χ0v) is 15.9. The molecule has 3 aromatic rings. The summed E-state index contributed by atoms with van der Waals surface area (Å²) in [7, 11) is 0. The largest absolute Gasteiger partial charge is 0.354 e. The van der Waals surface area contributed by atoms with E-state index in [0.29, 0.717) is 25.3 Å². The van der Waals surface area contributed by atoms with E-state index in [1.165, 1.54) is 28.7 Å². The number of amides is 1. The second-order valence-electron chi connectivity index (χ2n) is 7.09. The van der Waals surface area contributed by atoms with Crippen LogP contribution in [0.2, 0.25) is 0 Å². The van der Waals surface area contributed by atoms with Gasteiger partial charge < -0.3 is 10.2 Å². The van der Waals surface area contributed by atoms with Crippen molar-refractivity contribution in [2.24, 2.45) is 0 Å². The summed E-state index contributed by atoms with van der Waals surface area (Å²) in [5.74, 6) is 1.81. The number of thiophene rings is 1. The van der Waals surface area contributed by atoms with Gasteiger partial charge in [0.1, 0.15) is 10.6 Å². The molecule has 3 aromatic heterocycles. The van der Waals surface area contributed by atoms with Crippen LogP contribution < -0.4 is 10.2 Å². The molecular formula is C20H21N5OS. The number of hydrogen-bond donors (Lipinski definition) is 1. The molecule has 5 rings (SSSR count). The smallest absolute Gasteiger partial charge is 0.221 e. The first kappa shape index (κ1) is 16.6. The monoisotopic (exact) mass is 379 g/mol. The van der Waals surface area contributed by atoms with Crippen LogP contribution in [0.1, 0.15) is 29.7 Å². The Morgan fingerprint density at radius 2 is 2.04 bits per heavy atom. The highest BCUT2D eigenvalue weighted by Crippen LogP contribution is 2.40. The first-order valence-electron chi connectivity index (χ1n) is 9.54. The number of carbonyl (C=O) groups is 1. The predicted octanol–water partition coefficient (Wildman–Crippen LogP) is 2.96. The Balaban J connectivity index is 1.70. The first-order chi connectivity index (χ1) is 13.3. The van der Waals surface area contributed by atoms with E-state index in [9.17, 15) is 4.79 Å². The lowest BCUT2D eigenvalue weighted by atomic mass is 9.97. The molecule has 1 aliphatic heterocycles. The lowest BCUT2D eigenvalue weighted by molar-refractivity contribution is -0.120. The molecule has 0 bridgehead atoms. The van der Waals surface area contributed by atoms with Crippen LogP contribution >= 0.6 is 11.3 Å². The molecule has 0 unspecified atom stereocenters. The summed E-state index contributed by atoms with van der Waals surface area (Å²) in [5.41, 5.74) is 2.36. The summed E-state index contributed by atoms with van der Waals surface area (Å²) in [4.78, 5) is 30.7. The topological polar surface area (TPSA) is 71.0 Å². The molecule has 0 radical (unpaired) electrons. The van der Waals surface area contributed by atoms with Crippen molar-refractivity contribution < 1.29 is 4.79 Å². The molecule has 1 amide bonds. The quantitative estimate of drug-likeness (QED) is 0.741. The number of nitrogens with one attached hydrogen (secondary N) is 1. The molecule has 138 valence electrons. The Hall–Kier alpha value is -2.54. The third-order valence-electron chi connectivity index (χ3n) is 5.33. The van der Waals surface area contributed by atoms with Gasteiger partial charge in [-0.15, -0.1) is 11.3 Å². The number of fused-ring (bicyclic) bond motifs is 3. The fraction of sp³-hybridized carbons (Fsp3) is 0.400. The zero-order valence-electron chi connectivity index (χ0n) is 15.1. The number of carbonyl (C=O) groups excluding carboxylic acids is 1. The third kappa shape index (κ3) is 3.06. The average molecular weight is 379 g/mol. The van der Waals surface area contributed by atoms with Crippen molar-refractivity contribution in [3.8, 4) is 11.4 Å². The molecule has 0 spiro atoms. The Morgan fingerprint density at radius 3 is 2.93 bits per heavy atom. The standard InChI is InChI=1S/C20H21N5OS/c26-16-7-10-25(11-9-22-16)19-17-14-5-1-2-6-15(14)27-20(17)24-18(23-19)13-4-3-8-21-12-13/h3-4,8,12H,1-2,5-7,9-11H2,(H,22,26). The maximum atomic E-state index is 11.8. The van der Waals surface area contributed by atoms with Crippen molar-refractivity contribution in [2.75, 3.05) is 24.5 Å². The number of rotatable bonds is 2. The van der Waals surface area contributed by atoms with Crippen LogP contribution in [-0.4, -0.2) is 40.5 Å². The molecule has 1 fully saturated rings. The van der Waals surface area contributed by atoms with Crippen LogP contribution in [-0.2, 0) is 17.6 Å². The van der Waals surface area contributed by atoms with Gasteiger partial charge in [0.25, 0.3) is 0 Å². The van der Waals surface area contributed by atoms with E-state index in [0.717, 1.165) is 35.6 Å². The Labute approximate surface area is 161 Å². The van der Waals surface area contributed by atoms with E-state index >= 15 is 0 Å². The molecule has 7 heteroatoms.